The molecule has 0 spiro atoms. The number of benzene rings is 3. The Labute approximate surface area is 219 Å². The first-order valence-corrected chi connectivity index (χ1v) is 14.0. The molecular weight excluding hydrogens is 540 g/mol. The third-order valence-corrected chi connectivity index (χ3v) is 7.64. The maximum atomic E-state index is 12.7. The van der Waals surface area contributed by atoms with Gasteiger partial charge in [-0.1, -0.05) is 0 Å². The molecule has 0 bridgehead atoms. The number of hydrogen-bond donors (Lipinski definition) is 2. The Bertz CT molecular complexity index is 1540. The molecule has 0 radical (unpaired) electrons. The highest BCUT2D eigenvalue weighted by Crippen LogP contribution is 2.33. The summed E-state index contributed by atoms with van der Waals surface area (Å²) in [5, 5.41) is 13.7. The van der Waals surface area contributed by atoms with Gasteiger partial charge in [0, 0.05) is 23.5 Å². The second-order valence-electron chi connectivity index (χ2n) is 7.79. The molecule has 0 saturated heterocycles. The number of nitro benzene ring substituents is 1. The first-order chi connectivity index (χ1) is 17.8. The number of rotatable bonds is 11. The predicted octanol–water partition coefficient (Wildman–Crippen LogP) is 2.82. The molecule has 3 aromatic carbocycles. The monoisotopic (exact) mass is 564 g/mol. The van der Waals surface area contributed by atoms with E-state index in [1.165, 1.54) is 56.7 Å². The normalized spacial score (nSPS) is 11.3. The van der Waals surface area contributed by atoms with Crippen LogP contribution in [-0.2, 0) is 24.8 Å². The van der Waals surface area contributed by atoms with E-state index in [1.807, 2.05) is 0 Å². The van der Waals surface area contributed by atoms with Crippen molar-refractivity contribution in [1.82, 2.24) is 0 Å². The molecule has 38 heavy (non-hydrogen) atoms. The quantitative estimate of drug-likeness (QED) is 0.262. The van der Waals surface area contributed by atoms with E-state index in [1.54, 1.807) is 12.1 Å². The lowest BCUT2D eigenvalue weighted by Crippen LogP contribution is -2.37. The Kier molecular flexibility index (Phi) is 8.42. The molecule has 0 aliphatic heterocycles. The molecule has 0 fully saturated rings. The number of nitrogens with zero attached hydrogens (tertiary/aromatic N) is 2. The Morgan fingerprint density at radius 1 is 0.921 bits per heavy atom. The zero-order valence-corrected chi connectivity index (χ0v) is 22.1. The number of carbonyl (C=O) groups is 1. The number of nitro groups is 1. The van der Waals surface area contributed by atoms with Crippen LogP contribution in [0.2, 0.25) is 0 Å². The van der Waals surface area contributed by atoms with Gasteiger partial charge in [0.25, 0.3) is 15.7 Å². The van der Waals surface area contributed by atoms with Crippen LogP contribution in [0.25, 0.3) is 0 Å². The maximum absolute atomic E-state index is 12.7. The molecule has 0 unspecified atom stereocenters. The lowest BCUT2D eigenvalue weighted by atomic mass is 10.2. The minimum Gasteiger partial charge on any atom is -0.497 e. The standard InChI is InChI=1S/C23H24N4O9S2/c1-35-19-9-4-17(5-10-19)25-38(33,34)20-11-6-16(7-12-20)24-23(28)15-26(37(3,31)32)21-14-18(27(29)30)8-13-22(21)36-2/h4-14,25H,15H2,1-3H3,(H,24,28). The Balaban J connectivity index is 1.77. The number of sulfonamides is 2. The summed E-state index contributed by atoms with van der Waals surface area (Å²) in [4.78, 5) is 23.1. The van der Waals surface area contributed by atoms with Crippen molar-refractivity contribution >= 4 is 48.7 Å². The molecule has 0 aliphatic carbocycles. The van der Waals surface area contributed by atoms with Crippen molar-refractivity contribution < 1.29 is 36.0 Å². The summed E-state index contributed by atoms with van der Waals surface area (Å²) in [5.74, 6) is -0.213. The third-order valence-electron chi connectivity index (χ3n) is 5.12. The Morgan fingerprint density at radius 2 is 1.53 bits per heavy atom. The summed E-state index contributed by atoms with van der Waals surface area (Å²) in [6, 6.07) is 14.8. The number of ether oxygens (including phenoxy) is 2. The molecule has 1 amide bonds. The number of carbonyl (C=O) groups excluding carboxylic acids is 1. The zero-order chi connectivity index (χ0) is 28.1. The number of non-ortho nitro benzene ring substituents is 1. The van der Waals surface area contributed by atoms with Crippen LogP contribution in [0.4, 0.5) is 22.7 Å². The van der Waals surface area contributed by atoms with Gasteiger partial charge in [-0.2, -0.15) is 0 Å². The number of nitrogens with one attached hydrogen (secondary N) is 2. The van der Waals surface area contributed by atoms with Gasteiger partial charge >= 0.3 is 0 Å². The minimum atomic E-state index is -4.07. The van der Waals surface area contributed by atoms with Crippen molar-refractivity contribution in [3.63, 3.8) is 0 Å². The van der Waals surface area contributed by atoms with Crippen molar-refractivity contribution in [3.8, 4) is 11.5 Å². The molecule has 0 aliphatic rings. The Morgan fingerprint density at radius 3 is 2.05 bits per heavy atom. The fourth-order valence-corrected chi connectivity index (χ4v) is 5.20. The molecular formula is C23H24N4O9S2. The summed E-state index contributed by atoms with van der Waals surface area (Å²) >= 11 is 0. The average molecular weight is 565 g/mol. The Hall–Kier alpha value is -4.37. The van der Waals surface area contributed by atoms with Crippen molar-refractivity contribution in [2.45, 2.75) is 4.90 Å². The van der Waals surface area contributed by atoms with Crippen LogP contribution in [0.5, 0.6) is 11.5 Å². The van der Waals surface area contributed by atoms with Gasteiger partial charge < -0.3 is 14.8 Å². The zero-order valence-electron chi connectivity index (χ0n) is 20.4. The van der Waals surface area contributed by atoms with Gasteiger partial charge in [-0.15, -0.1) is 0 Å². The molecule has 0 heterocycles. The van der Waals surface area contributed by atoms with Crippen LogP contribution >= 0.6 is 0 Å². The van der Waals surface area contributed by atoms with Crippen LogP contribution in [0, 0.1) is 10.1 Å². The van der Waals surface area contributed by atoms with Crippen molar-refractivity contribution in [2.24, 2.45) is 0 Å². The smallest absolute Gasteiger partial charge is 0.271 e. The number of hydrogen-bond acceptors (Lipinski definition) is 9. The highest BCUT2D eigenvalue weighted by molar-refractivity contribution is 7.92. The summed E-state index contributed by atoms with van der Waals surface area (Å²) in [7, 11) is -5.25. The molecule has 0 saturated carbocycles. The van der Waals surface area contributed by atoms with Crippen molar-refractivity contribution in [3.05, 3.63) is 76.8 Å². The summed E-state index contributed by atoms with van der Waals surface area (Å²) in [6.07, 6.45) is 0.841. The molecule has 15 heteroatoms. The lowest BCUT2D eigenvalue weighted by molar-refractivity contribution is -0.384. The van der Waals surface area contributed by atoms with E-state index in [-0.39, 0.29) is 22.0 Å². The third kappa shape index (κ3) is 6.89. The highest BCUT2D eigenvalue weighted by atomic mass is 32.2. The largest absolute Gasteiger partial charge is 0.497 e. The molecule has 13 nitrogen and oxygen atoms in total. The highest BCUT2D eigenvalue weighted by Gasteiger charge is 2.26. The van der Waals surface area contributed by atoms with Crippen LogP contribution < -0.4 is 23.8 Å². The van der Waals surface area contributed by atoms with Crippen molar-refractivity contribution in [1.29, 1.82) is 0 Å². The van der Waals surface area contributed by atoms with E-state index in [0.717, 1.165) is 18.4 Å². The van der Waals surface area contributed by atoms with E-state index in [2.05, 4.69) is 10.0 Å². The predicted molar refractivity (Wildman–Crippen MR) is 141 cm³/mol. The molecule has 0 atom stereocenters. The molecule has 202 valence electrons. The van der Waals surface area contributed by atoms with Crippen LogP contribution in [0.3, 0.4) is 0 Å². The minimum absolute atomic E-state index is 0.00717. The van der Waals surface area contributed by atoms with Crippen LogP contribution in [0.15, 0.2) is 71.6 Å². The SMILES string of the molecule is COc1ccc(NS(=O)(=O)c2ccc(NC(=O)CN(c3cc([N+](=O)[O-])ccc3OC)S(C)(=O)=O)cc2)cc1. The first-order valence-electron chi connectivity index (χ1n) is 10.7. The van der Waals surface area contributed by atoms with E-state index in [0.29, 0.717) is 15.7 Å². The fourth-order valence-electron chi connectivity index (χ4n) is 3.29. The maximum Gasteiger partial charge on any atom is 0.271 e. The van der Waals surface area contributed by atoms with E-state index >= 15 is 0 Å². The number of amides is 1. The van der Waals surface area contributed by atoms with Gasteiger partial charge in [0.1, 0.15) is 23.7 Å². The van der Waals surface area contributed by atoms with Gasteiger partial charge in [0.15, 0.2) is 0 Å². The molecule has 3 rings (SSSR count). The number of anilines is 3. The van der Waals surface area contributed by atoms with Gasteiger partial charge in [0.05, 0.1) is 30.3 Å². The second kappa shape index (κ2) is 11.4. The van der Waals surface area contributed by atoms with Crippen molar-refractivity contribution in [2.75, 3.05) is 41.4 Å². The number of methoxy groups -OCH3 is 2. The van der Waals surface area contributed by atoms with Gasteiger partial charge in [-0.05, 0) is 54.6 Å². The lowest BCUT2D eigenvalue weighted by Gasteiger charge is -2.23. The summed E-state index contributed by atoms with van der Waals surface area (Å²) < 4.78 is 63.5. The first kappa shape index (κ1) is 28.2. The fraction of sp³-hybridized carbons (Fsp3) is 0.174. The second-order valence-corrected chi connectivity index (χ2v) is 11.4. The summed E-state index contributed by atoms with van der Waals surface area (Å²) in [6.45, 7) is -0.727. The van der Waals surface area contributed by atoms with Gasteiger partial charge in [-0.25, -0.2) is 16.8 Å². The topological polar surface area (TPSA) is 174 Å². The van der Waals surface area contributed by atoms with Gasteiger partial charge in [0.2, 0.25) is 15.9 Å². The van der Waals surface area contributed by atoms with E-state index in [9.17, 15) is 31.7 Å². The molecule has 2 N–H and O–H groups in total. The van der Waals surface area contributed by atoms with Gasteiger partial charge in [-0.3, -0.25) is 23.9 Å². The van der Waals surface area contributed by atoms with E-state index in [4.69, 9.17) is 9.47 Å². The van der Waals surface area contributed by atoms with Crippen LogP contribution in [-0.4, -0.2) is 54.7 Å². The van der Waals surface area contributed by atoms with E-state index < -0.39 is 43.1 Å². The molecule has 3 aromatic rings. The molecule has 0 aromatic heterocycles. The average Bonchev–Trinajstić information content (AvgIpc) is 2.86. The summed E-state index contributed by atoms with van der Waals surface area (Å²) in [5.41, 5.74) is -0.0706. The van der Waals surface area contributed by atoms with Crippen LogP contribution in [0.1, 0.15) is 0 Å².